The van der Waals surface area contributed by atoms with E-state index in [1.165, 1.54) is 18.8 Å². The van der Waals surface area contributed by atoms with Gasteiger partial charge in [0.15, 0.2) is 6.39 Å². The van der Waals surface area contributed by atoms with Crippen LogP contribution in [0.2, 0.25) is 0 Å². The summed E-state index contributed by atoms with van der Waals surface area (Å²) in [5.41, 5.74) is -1.32. The van der Waals surface area contributed by atoms with E-state index in [2.05, 4.69) is 20.3 Å². The molecule has 4 heterocycles. The van der Waals surface area contributed by atoms with Crippen molar-refractivity contribution in [2.24, 2.45) is 0 Å². The third-order valence-corrected chi connectivity index (χ3v) is 6.00. The number of hydrogen-bond donors (Lipinski definition) is 4. The summed E-state index contributed by atoms with van der Waals surface area (Å²) in [4.78, 5) is 45.8. The zero-order valence-corrected chi connectivity index (χ0v) is 17.9. The number of aliphatic hydroxyl groups is 1. The van der Waals surface area contributed by atoms with Crippen molar-refractivity contribution in [1.29, 1.82) is 0 Å². The van der Waals surface area contributed by atoms with Crippen LogP contribution in [0.15, 0.2) is 23.2 Å². The Hall–Kier alpha value is -3.25. The molecule has 2 saturated heterocycles. The number of carbonyl (C=O) groups is 3. The summed E-state index contributed by atoms with van der Waals surface area (Å²) >= 11 is 0. The zero-order valence-electron chi connectivity index (χ0n) is 17.9. The molecule has 2 amide bonds. The number of nitrogens with zero attached hydrogens (tertiary/aromatic N) is 3. The number of amides is 2. The topological polar surface area (TPSA) is 171 Å². The van der Waals surface area contributed by atoms with Gasteiger partial charge in [-0.15, -0.1) is 0 Å². The lowest BCUT2D eigenvalue weighted by atomic mass is 9.73. The summed E-state index contributed by atoms with van der Waals surface area (Å²) in [6.07, 6.45) is 4.58. The molecule has 2 fully saturated rings. The molecule has 0 unspecified atom stereocenters. The maximum absolute atomic E-state index is 12.6. The Labute approximate surface area is 184 Å². The Kier molecular flexibility index (Phi) is 6.94. The van der Waals surface area contributed by atoms with Gasteiger partial charge in [0.1, 0.15) is 17.6 Å². The maximum Gasteiger partial charge on any atom is 0.291 e. The molecule has 0 radical (unpaired) electrons. The van der Waals surface area contributed by atoms with E-state index in [0.29, 0.717) is 50.5 Å². The fraction of sp³-hybridized carbons (Fsp3) is 0.550. The molecule has 2 atom stereocenters. The van der Waals surface area contributed by atoms with Gasteiger partial charge in [0.25, 0.3) is 18.3 Å². The van der Waals surface area contributed by atoms with Crippen LogP contribution in [0.1, 0.15) is 53.1 Å². The number of nitrogens with one attached hydrogen (secondary N) is 2. The van der Waals surface area contributed by atoms with Gasteiger partial charge in [-0.05, 0) is 33.1 Å². The summed E-state index contributed by atoms with van der Waals surface area (Å²) in [7, 11) is 0. The minimum atomic E-state index is -0.917. The van der Waals surface area contributed by atoms with Crippen molar-refractivity contribution in [3.63, 3.8) is 0 Å². The average molecular weight is 449 g/mol. The van der Waals surface area contributed by atoms with E-state index in [4.69, 9.17) is 19.1 Å². The van der Waals surface area contributed by atoms with Gasteiger partial charge >= 0.3 is 0 Å². The van der Waals surface area contributed by atoms with Crippen molar-refractivity contribution >= 4 is 18.3 Å². The van der Waals surface area contributed by atoms with E-state index in [1.807, 2.05) is 6.92 Å². The van der Waals surface area contributed by atoms with Crippen LogP contribution in [0.25, 0.3) is 0 Å². The minimum absolute atomic E-state index is 0.193. The van der Waals surface area contributed by atoms with Gasteiger partial charge in [-0.2, -0.15) is 0 Å². The number of rotatable bonds is 3. The second-order valence-corrected chi connectivity index (χ2v) is 8.08. The van der Waals surface area contributed by atoms with Crippen molar-refractivity contribution in [3.05, 3.63) is 36.1 Å². The lowest BCUT2D eigenvalue weighted by Crippen LogP contribution is -2.69. The van der Waals surface area contributed by atoms with Crippen molar-refractivity contribution in [1.82, 2.24) is 25.2 Å². The van der Waals surface area contributed by atoms with E-state index < -0.39 is 17.2 Å². The maximum atomic E-state index is 12.6. The fourth-order valence-electron chi connectivity index (χ4n) is 4.24. The van der Waals surface area contributed by atoms with Gasteiger partial charge < -0.3 is 34.6 Å². The van der Waals surface area contributed by atoms with Crippen LogP contribution in [0.3, 0.4) is 0 Å². The molecule has 0 saturated carbocycles. The molecule has 2 aromatic rings. The number of ether oxygens (including phenoxy) is 1. The molecular formula is C20H27N5O7. The number of carboxylic acid groups (broad SMARTS) is 1. The van der Waals surface area contributed by atoms with Crippen molar-refractivity contribution < 1.29 is 33.8 Å². The number of oxazole rings is 1. The molecule has 0 bridgehead atoms. The van der Waals surface area contributed by atoms with Crippen LogP contribution in [0.4, 0.5) is 0 Å². The van der Waals surface area contributed by atoms with Crippen molar-refractivity contribution in [3.8, 4) is 0 Å². The van der Waals surface area contributed by atoms with Crippen LogP contribution < -0.4 is 5.32 Å². The highest BCUT2D eigenvalue weighted by Gasteiger charge is 2.54. The van der Waals surface area contributed by atoms with Crippen LogP contribution >= 0.6 is 0 Å². The van der Waals surface area contributed by atoms with Crippen molar-refractivity contribution in [2.45, 2.75) is 50.4 Å². The first-order valence-electron chi connectivity index (χ1n) is 10.2. The summed E-state index contributed by atoms with van der Waals surface area (Å²) < 4.78 is 11.1. The highest BCUT2D eigenvalue weighted by molar-refractivity contribution is 5.92. The second kappa shape index (κ2) is 9.49. The van der Waals surface area contributed by atoms with Gasteiger partial charge in [-0.25, -0.2) is 9.97 Å². The Morgan fingerprint density at radius 3 is 2.56 bits per heavy atom. The first kappa shape index (κ1) is 23.4. The number of aliphatic hydroxyl groups excluding tert-OH is 1. The molecule has 2 aliphatic rings. The van der Waals surface area contributed by atoms with Gasteiger partial charge in [-0.3, -0.25) is 14.4 Å². The number of carbonyl (C=O) groups excluding carboxylic acids is 2. The van der Waals surface area contributed by atoms with Crippen LogP contribution in [0, 0.1) is 6.92 Å². The van der Waals surface area contributed by atoms with Gasteiger partial charge in [0.05, 0.1) is 23.5 Å². The molecule has 0 aromatic carbocycles. The molecule has 2 aromatic heterocycles. The Morgan fingerprint density at radius 1 is 1.31 bits per heavy atom. The molecule has 1 spiro atoms. The van der Waals surface area contributed by atoms with Crippen molar-refractivity contribution in [2.75, 3.05) is 19.7 Å². The number of aromatic amines is 1. The summed E-state index contributed by atoms with van der Waals surface area (Å²) in [6.45, 7) is 4.59. The summed E-state index contributed by atoms with van der Waals surface area (Å²) in [6, 6.07) is 0. The largest absolute Gasteiger partial charge is 0.483 e. The predicted molar refractivity (Wildman–Crippen MR) is 109 cm³/mol. The monoisotopic (exact) mass is 449 g/mol. The quantitative estimate of drug-likeness (QED) is 0.483. The van der Waals surface area contributed by atoms with Gasteiger partial charge in [0.2, 0.25) is 5.76 Å². The lowest BCUT2D eigenvalue weighted by Gasteiger charge is -2.53. The standard InChI is InChI=1S/C19H25N5O5.CH2O2/c1-12-21-9-13(22-12)15(25)23-18(2)5-8-29-19(17(18)27)3-6-24(7-4-19)16(26)14-10-20-11-28-14;2-1-3/h9-11,17,27H,3-8H2,1-2H3,(H,21,22)(H,23,25);1H,(H,2,3)/t17-,18+;/m1./s1. The van der Waals surface area contributed by atoms with E-state index in [0.717, 1.165) is 0 Å². The number of H-pyrrole nitrogens is 1. The molecule has 32 heavy (non-hydrogen) atoms. The fourth-order valence-corrected chi connectivity index (χ4v) is 4.24. The van der Waals surface area contributed by atoms with E-state index in [-0.39, 0.29) is 24.0 Å². The normalized spacial score (nSPS) is 24.3. The van der Waals surface area contributed by atoms with Gasteiger partial charge in [-0.1, -0.05) is 0 Å². The number of likely N-dealkylation sites (tertiary alicyclic amines) is 1. The zero-order chi connectivity index (χ0) is 23.4. The number of aromatic nitrogens is 3. The van der Waals surface area contributed by atoms with E-state index >= 15 is 0 Å². The lowest BCUT2D eigenvalue weighted by molar-refractivity contribution is -0.203. The first-order chi connectivity index (χ1) is 15.2. The van der Waals surface area contributed by atoms with E-state index in [1.54, 1.807) is 11.8 Å². The number of hydrogen-bond acceptors (Lipinski definition) is 8. The molecule has 0 aliphatic carbocycles. The summed E-state index contributed by atoms with van der Waals surface area (Å²) in [5.74, 6) is 0.293. The molecular weight excluding hydrogens is 422 g/mol. The number of piperidine rings is 1. The smallest absolute Gasteiger partial charge is 0.291 e. The first-order valence-corrected chi connectivity index (χ1v) is 10.2. The van der Waals surface area contributed by atoms with Crippen LogP contribution in [-0.4, -0.2) is 85.3 Å². The average Bonchev–Trinajstić information content (AvgIpc) is 3.45. The molecule has 4 rings (SSSR count). The summed E-state index contributed by atoms with van der Waals surface area (Å²) in [5, 5.41) is 21.1. The predicted octanol–water partition coefficient (Wildman–Crippen LogP) is 0.352. The number of aryl methyl sites for hydroxylation is 1. The highest BCUT2D eigenvalue weighted by atomic mass is 16.5. The van der Waals surface area contributed by atoms with Crippen LogP contribution in [-0.2, 0) is 9.53 Å². The second-order valence-electron chi connectivity index (χ2n) is 8.08. The third-order valence-electron chi connectivity index (χ3n) is 6.00. The Morgan fingerprint density at radius 2 is 2.00 bits per heavy atom. The third kappa shape index (κ3) is 4.65. The Bertz CT molecular complexity index is 936. The van der Waals surface area contributed by atoms with E-state index in [9.17, 15) is 14.7 Å². The molecule has 12 nitrogen and oxygen atoms in total. The molecule has 174 valence electrons. The minimum Gasteiger partial charge on any atom is -0.483 e. The highest BCUT2D eigenvalue weighted by Crippen LogP contribution is 2.40. The number of imidazole rings is 1. The molecule has 2 aliphatic heterocycles. The Balaban J connectivity index is 0.000000913. The molecule has 12 heteroatoms. The van der Waals surface area contributed by atoms with Crippen LogP contribution in [0.5, 0.6) is 0 Å². The van der Waals surface area contributed by atoms with Gasteiger partial charge in [0, 0.05) is 19.7 Å². The SMILES string of the molecule is Cc1ncc(C(=O)N[C@@]2(C)CCOC3(CCN(C(=O)c4cnco4)CC3)[C@@H]2O)[nH]1.O=CO. The molecule has 4 N–H and O–H groups in total.